The van der Waals surface area contributed by atoms with Crippen LogP contribution < -0.4 is 5.73 Å². The highest BCUT2D eigenvalue weighted by Gasteiger charge is 2.40. The Balaban J connectivity index is 1.73. The van der Waals surface area contributed by atoms with Crippen molar-refractivity contribution in [1.82, 2.24) is 9.88 Å². The number of fused-ring (bicyclic) bond motifs is 3. The van der Waals surface area contributed by atoms with E-state index in [1.807, 2.05) is 35.2 Å². The molecule has 1 aliphatic carbocycles. The standard InChI is InChI=1S/C16H17N3O/c17-15-13-4-2-1-3-11(13)8-14(18-15)16(20)19-9-10-5-6-12(19)7-10/h1-4,8,10,12H,5-7,9H2,(H2,17,18). The number of carbonyl (C=O) groups is 1. The van der Waals surface area contributed by atoms with Crippen molar-refractivity contribution in [1.29, 1.82) is 0 Å². The molecule has 1 aliphatic heterocycles. The zero-order valence-corrected chi connectivity index (χ0v) is 11.2. The summed E-state index contributed by atoms with van der Waals surface area (Å²) in [6.45, 7) is 0.887. The fraction of sp³-hybridized carbons (Fsp3) is 0.375. The van der Waals surface area contributed by atoms with Crippen molar-refractivity contribution in [2.24, 2.45) is 5.92 Å². The molecule has 4 rings (SSSR count). The third kappa shape index (κ3) is 1.68. The number of nitrogen functional groups attached to an aromatic ring is 1. The minimum Gasteiger partial charge on any atom is -0.383 e. The maximum Gasteiger partial charge on any atom is 0.272 e. The van der Waals surface area contributed by atoms with Crippen LogP contribution in [0, 0.1) is 5.92 Å². The second kappa shape index (κ2) is 4.20. The number of likely N-dealkylation sites (tertiary alicyclic amines) is 1. The first-order valence-corrected chi connectivity index (χ1v) is 7.18. The molecule has 2 N–H and O–H groups in total. The molecular weight excluding hydrogens is 250 g/mol. The highest BCUT2D eigenvalue weighted by Crippen LogP contribution is 2.38. The monoisotopic (exact) mass is 267 g/mol. The van der Waals surface area contributed by atoms with Crippen LogP contribution in [-0.2, 0) is 0 Å². The molecule has 2 fully saturated rings. The summed E-state index contributed by atoms with van der Waals surface area (Å²) in [5.41, 5.74) is 6.47. The van der Waals surface area contributed by atoms with Crippen molar-refractivity contribution in [2.75, 3.05) is 12.3 Å². The average Bonchev–Trinajstić information content (AvgIpc) is 3.09. The second-order valence-corrected chi connectivity index (χ2v) is 5.90. The van der Waals surface area contributed by atoms with E-state index in [1.54, 1.807) is 0 Å². The number of pyridine rings is 1. The van der Waals surface area contributed by atoms with Crippen molar-refractivity contribution in [3.05, 3.63) is 36.0 Å². The molecule has 1 saturated heterocycles. The second-order valence-electron chi connectivity index (χ2n) is 5.90. The van der Waals surface area contributed by atoms with Gasteiger partial charge in [-0.25, -0.2) is 4.98 Å². The number of benzene rings is 1. The molecule has 1 aromatic carbocycles. The van der Waals surface area contributed by atoms with Gasteiger partial charge in [-0.2, -0.15) is 0 Å². The van der Waals surface area contributed by atoms with Crippen LogP contribution in [0.25, 0.3) is 10.8 Å². The zero-order valence-electron chi connectivity index (χ0n) is 11.2. The summed E-state index contributed by atoms with van der Waals surface area (Å²) >= 11 is 0. The van der Waals surface area contributed by atoms with Crippen LogP contribution in [0.1, 0.15) is 29.8 Å². The predicted octanol–water partition coefficient (Wildman–Crippen LogP) is 2.44. The molecule has 102 valence electrons. The fourth-order valence-corrected chi connectivity index (χ4v) is 3.66. The molecule has 2 aliphatic rings. The van der Waals surface area contributed by atoms with Crippen LogP contribution in [0.3, 0.4) is 0 Å². The van der Waals surface area contributed by atoms with Crippen molar-refractivity contribution >= 4 is 22.5 Å². The summed E-state index contributed by atoms with van der Waals surface area (Å²) in [7, 11) is 0. The summed E-state index contributed by atoms with van der Waals surface area (Å²) in [6.07, 6.45) is 3.57. The Morgan fingerprint density at radius 2 is 2.15 bits per heavy atom. The minimum atomic E-state index is 0.0367. The Hall–Kier alpha value is -2.10. The largest absolute Gasteiger partial charge is 0.383 e. The number of hydrogen-bond donors (Lipinski definition) is 1. The van der Waals surface area contributed by atoms with Crippen LogP contribution >= 0.6 is 0 Å². The van der Waals surface area contributed by atoms with E-state index < -0.39 is 0 Å². The first-order valence-electron chi connectivity index (χ1n) is 7.18. The average molecular weight is 267 g/mol. The SMILES string of the molecule is Nc1nc(C(=O)N2CC3CCC2C3)cc2ccccc12. The van der Waals surface area contributed by atoms with E-state index in [9.17, 15) is 4.79 Å². The fourth-order valence-electron chi connectivity index (χ4n) is 3.66. The lowest BCUT2D eigenvalue weighted by molar-refractivity contribution is 0.0698. The number of amides is 1. The third-order valence-electron chi connectivity index (χ3n) is 4.66. The first-order chi connectivity index (χ1) is 9.72. The number of nitrogens with two attached hydrogens (primary N) is 1. The van der Waals surface area contributed by atoms with Crippen LogP contribution in [-0.4, -0.2) is 28.4 Å². The number of piperidine rings is 1. The van der Waals surface area contributed by atoms with E-state index in [-0.39, 0.29) is 5.91 Å². The topological polar surface area (TPSA) is 59.2 Å². The van der Waals surface area contributed by atoms with Crippen LogP contribution in [0.2, 0.25) is 0 Å². The Labute approximate surface area is 117 Å². The molecule has 1 saturated carbocycles. The van der Waals surface area contributed by atoms with Crippen molar-refractivity contribution in [3.63, 3.8) is 0 Å². The van der Waals surface area contributed by atoms with Gasteiger partial charge >= 0.3 is 0 Å². The quantitative estimate of drug-likeness (QED) is 0.863. The van der Waals surface area contributed by atoms with Gasteiger partial charge in [0.25, 0.3) is 5.91 Å². The summed E-state index contributed by atoms with van der Waals surface area (Å²) in [4.78, 5) is 18.9. The van der Waals surface area contributed by atoms with Gasteiger partial charge < -0.3 is 10.6 Å². The minimum absolute atomic E-state index is 0.0367. The van der Waals surface area contributed by atoms with E-state index in [0.29, 0.717) is 23.5 Å². The van der Waals surface area contributed by atoms with Crippen molar-refractivity contribution < 1.29 is 4.79 Å². The third-order valence-corrected chi connectivity index (χ3v) is 4.66. The van der Waals surface area contributed by atoms with Gasteiger partial charge in [0.15, 0.2) is 0 Å². The van der Waals surface area contributed by atoms with Crippen molar-refractivity contribution in [2.45, 2.75) is 25.3 Å². The number of anilines is 1. The lowest BCUT2D eigenvalue weighted by Crippen LogP contribution is -2.38. The smallest absolute Gasteiger partial charge is 0.272 e. The molecule has 0 spiro atoms. The van der Waals surface area contributed by atoms with Crippen LogP contribution in [0.5, 0.6) is 0 Å². The number of aromatic nitrogens is 1. The van der Waals surface area contributed by atoms with Gasteiger partial charge in [0.05, 0.1) is 0 Å². The molecule has 2 aromatic rings. The Morgan fingerprint density at radius 3 is 2.90 bits per heavy atom. The lowest BCUT2D eigenvalue weighted by Gasteiger charge is -2.26. The van der Waals surface area contributed by atoms with E-state index in [4.69, 9.17) is 5.73 Å². The van der Waals surface area contributed by atoms with Gasteiger partial charge in [0.1, 0.15) is 11.5 Å². The molecule has 1 aromatic heterocycles. The molecule has 20 heavy (non-hydrogen) atoms. The Kier molecular flexibility index (Phi) is 2.46. The van der Waals surface area contributed by atoms with Gasteiger partial charge in [-0.3, -0.25) is 4.79 Å². The van der Waals surface area contributed by atoms with E-state index >= 15 is 0 Å². The molecule has 4 heteroatoms. The summed E-state index contributed by atoms with van der Waals surface area (Å²) < 4.78 is 0. The van der Waals surface area contributed by atoms with Gasteiger partial charge in [0, 0.05) is 18.0 Å². The lowest BCUT2D eigenvalue weighted by atomic mass is 10.1. The van der Waals surface area contributed by atoms with Gasteiger partial charge in [-0.15, -0.1) is 0 Å². The number of carbonyl (C=O) groups excluding carboxylic acids is 1. The number of nitrogens with zero attached hydrogens (tertiary/aromatic N) is 2. The molecule has 2 unspecified atom stereocenters. The Morgan fingerprint density at radius 1 is 1.30 bits per heavy atom. The Bertz CT molecular complexity index is 697. The number of hydrogen-bond acceptors (Lipinski definition) is 3. The molecule has 4 nitrogen and oxygen atoms in total. The zero-order chi connectivity index (χ0) is 13.7. The van der Waals surface area contributed by atoms with Gasteiger partial charge in [-0.05, 0) is 36.6 Å². The molecule has 2 heterocycles. The molecule has 0 radical (unpaired) electrons. The summed E-state index contributed by atoms with van der Waals surface area (Å²) in [6, 6.07) is 10.1. The first kappa shape index (κ1) is 11.7. The normalized spacial score (nSPS) is 24.5. The predicted molar refractivity (Wildman–Crippen MR) is 78.3 cm³/mol. The highest BCUT2D eigenvalue weighted by molar-refractivity contribution is 6.00. The van der Waals surface area contributed by atoms with E-state index in [0.717, 1.165) is 30.2 Å². The molecule has 1 amide bonds. The van der Waals surface area contributed by atoms with E-state index in [1.165, 1.54) is 6.42 Å². The summed E-state index contributed by atoms with van der Waals surface area (Å²) in [5.74, 6) is 1.17. The maximum atomic E-state index is 12.6. The maximum absolute atomic E-state index is 12.6. The summed E-state index contributed by atoms with van der Waals surface area (Å²) in [5, 5.41) is 1.89. The molecule has 2 bridgehead atoms. The van der Waals surface area contributed by atoms with Crippen molar-refractivity contribution in [3.8, 4) is 0 Å². The molecule has 2 atom stereocenters. The van der Waals surface area contributed by atoms with E-state index in [2.05, 4.69) is 4.98 Å². The number of rotatable bonds is 1. The van der Waals surface area contributed by atoms with Crippen LogP contribution in [0.4, 0.5) is 5.82 Å². The van der Waals surface area contributed by atoms with Gasteiger partial charge in [0.2, 0.25) is 0 Å². The molecular formula is C16H17N3O. The highest BCUT2D eigenvalue weighted by atomic mass is 16.2. The van der Waals surface area contributed by atoms with Gasteiger partial charge in [-0.1, -0.05) is 24.3 Å². The van der Waals surface area contributed by atoms with Crippen LogP contribution in [0.15, 0.2) is 30.3 Å².